The number of benzene rings is 1. The summed E-state index contributed by atoms with van der Waals surface area (Å²) in [7, 11) is 0. The fourth-order valence-electron chi connectivity index (χ4n) is 3.25. The molecule has 1 saturated heterocycles. The normalized spacial score (nSPS) is 21.5. The average Bonchev–Trinajstić information content (AvgIpc) is 3.19. The van der Waals surface area contributed by atoms with E-state index in [1.807, 2.05) is 0 Å². The van der Waals surface area contributed by atoms with Crippen molar-refractivity contribution in [2.24, 2.45) is 0 Å². The Hall–Kier alpha value is -1.35. The summed E-state index contributed by atoms with van der Waals surface area (Å²) in [5, 5.41) is 3.51. The molecule has 3 heteroatoms. The van der Waals surface area contributed by atoms with Gasteiger partial charge in [0.25, 0.3) is 0 Å². The van der Waals surface area contributed by atoms with Crippen LogP contribution in [-0.4, -0.2) is 36.0 Å². The van der Waals surface area contributed by atoms with E-state index >= 15 is 0 Å². The highest BCUT2D eigenvalue weighted by Crippen LogP contribution is 2.28. The predicted octanol–water partition coefficient (Wildman–Crippen LogP) is 2.67. The summed E-state index contributed by atoms with van der Waals surface area (Å²) in [6.07, 6.45) is 6.37. The summed E-state index contributed by atoms with van der Waals surface area (Å²) in [5.41, 5.74) is 2.55. The Morgan fingerprint density at radius 1 is 1.33 bits per heavy atom. The number of aryl methyl sites for hydroxylation is 2. The third-order valence-electron chi connectivity index (χ3n) is 4.60. The van der Waals surface area contributed by atoms with E-state index < -0.39 is 0 Å². The van der Waals surface area contributed by atoms with Crippen molar-refractivity contribution in [3.8, 4) is 0 Å². The highest BCUT2D eigenvalue weighted by Gasteiger charge is 2.34. The van der Waals surface area contributed by atoms with Crippen molar-refractivity contribution in [1.29, 1.82) is 0 Å². The molecule has 1 atom stereocenters. The average molecular weight is 286 g/mol. The molecule has 0 radical (unpaired) electrons. The molecule has 2 aliphatic rings. The Morgan fingerprint density at radius 3 is 2.86 bits per heavy atom. The number of amides is 1. The minimum absolute atomic E-state index is 0.340. The second-order valence-corrected chi connectivity index (χ2v) is 6.56. The van der Waals surface area contributed by atoms with Gasteiger partial charge in [-0.15, -0.1) is 0 Å². The number of rotatable bonds is 6. The van der Waals surface area contributed by atoms with Gasteiger partial charge in [0.15, 0.2) is 0 Å². The summed E-state index contributed by atoms with van der Waals surface area (Å²) in [6, 6.07) is 9.54. The van der Waals surface area contributed by atoms with Gasteiger partial charge in [0, 0.05) is 25.0 Å². The van der Waals surface area contributed by atoms with Crippen LogP contribution in [0.25, 0.3) is 0 Å². The molecule has 0 spiro atoms. The standard InChI is InChI=1S/C18H26N2O/c1-14-4-2-5-15(12-14)7-10-18(21)20(17-8-9-17)13-16-6-3-11-19-16/h2,4-5,12,16-17,19H,3,6-11,13H2,1H3. The zero-order valence-electron chi connectivity index (χ0n) is 13.0. The number of hydrogen-bond donors (Lipinski definition) is 1. The molecule has 1 unspecified atom stereocenters. The van der Waals surface area contributed by atoms with E-state index in [0.717, 1.165) is 19.5 Å². The number of nitrogens with one attached hydrogen (secondary N) is 1. The summed E-state index contributed by atoms with van der Waals surface area (Å²) in [5.74, 6) is 0.340. The lowest BCUT2D eigenvalue weighted by molar-refractivity contribution is -0.132. The lowest BCUT2D eigenvalue weighted by atomic mass is 10.1. The van der Waals surface area contributed by atoms with Crippen molar-refractivity contribution in [3.05, 3.63) is 35.4 Å². The zero-order valence-corrected chi connectivity index (χ0v) is 13.0. The maximum atomic E-state index is 12.6. The van der Waals surface area contributed by atoms with Crippen LogP contribution in [-0.2, 0) is 11.2 Å². The van der Waals surface area contributed by atoms with E-state index in [2.05, 4.69) is 41.4 Å². The summed E-state index contributed by atoms with van der Waals surface area (Å²) < 4.78 is 0. The molecule has 1 amide bonds. The molecule has 1 aliphatic heterocycles. The van der Waals surface area contributed by atoms with Gasteiger partial charge in [-0.25, -0.2) is 0 Å². The quantitative estimate of drug-likeness (QED) is 0.872. The molecule has 3 rings (SSSR count). The van der Waals surface area contributed by atoms with Crippen molar-refractivity contribution < 1.29 is 4.79 Å². The molecule has 0 bridgehead atoms. The highest BCUT2D eigenvalue weighted by molar-refractivity contribution is 5.77. The molecule has 1 heterocycles. The van der Waals surface area contributed by atoms with Gasteiger partial charge in [0.05, 0.1) is 0 Å². The first-order valence-electron chi connectivity index (χ1n) is 8.31. The van der Waals surface area contributed by atoms with E-state index in [9.17, 15) is 4.79 Å². The number of carbonyl (C=O) groups is 1. The molecule has 2 fully saturated rings. The van der Waals surface area contributed by atoms with Crippen LogP contribution in [0, 0.1) is 6.92 Å². The van der Waals surface area contributed by atoms with Gasteiger partial charge in [-0.2, -0.15) is 0 Å². The predicted molar refractivity (Wildman–Crippen MR) is 85.3 cm³/mol. The van der Waals surface area contributed by atoms with E-state index in [0.29, 0.717) is 24.4 Å². The Labute approximate surface area is 127 Å². The Morgan fingerprint density at radius 2 is 2.19 bits per heavy atom. The molecule has 1 aromatic carbocycles. The molecule has 1 aromatic rings. The monoisotopic (exact) mass is 286 g/mol. The molecule has 3 nitrogen and oxygen atoms in total. The van der Waals surface area contributed by atoms with Crippen molar-refractivity contribution in [3.63, 3.8) is 0 Å². The Balaban J connectivity index is 1.54. The number of hydrogen-bond acceptors (Lipinski definition) is 2. The molecule has 1 N–H and O–H groups in total. The lowest BCUT2D eigenvalue weighted by Gasteiger charge is -2.26. The maximum absolute atomic E-state index is 12.6. The highest BCUT2D eigenvalue weighted by atomic mass is 16.2. The van der Waals surface area contributed by atoms with E-state index in [1.54, 1.807) is 0 Å². The third-order valence-corrected chi connectivity index (χ3v) is 4.60. The molecule has 21 heavy (non-hydrogen) atoms. The van der Waals surface area contributed by atoms with Crippen LogP contribution in [0.3, 0.4) is 0 Å². The van der Waals surface area contributed by atoms with Crippen LogP contribution in [0.5, 0.6) is 0 Å². The topological polar surface area (TPSA) is 32.3 Å². The SMILES string of the molecule is Cc1cccc(CCC(=O)N(CC2CCCN2)C2CC2)c1. The Kier molecular flexibility index (Phi) is 4.59. The van der Waals surface area contributed by atoms with Gasteiger partial charge in [-0.3, -0.25) is 4.79 Å². The van der Waals surface area contributed by atoms with Crippen molar-refractivity contribution in [1.82, 2.24) is 10.2 Å². The van der Waals surface area contributed by atoms with E-state index in [-0.39, 0.29) is 0 Å². The van der Waals surface area contributed by atoms with Gasteiger partial charge in [-0.1, -0.05) is 29.8 Å². The zero-order chi connectivity index (χ0) is 14.7. The minimum Gasteiger partial charge on any atom is -0.338 e. The minimum atomic E-state index is 0.340. The summed E-state index contributed by atoms with van der Waals surface area (Å²) in [6.45, 7) is 4.13. The van der Waals surface area contributed by atoms with E-state index in [4.69, 9.17) is 0 Å². The molecule has 1 saturated carbocycles. The first-order chi connectivity index (χ1) is 10.2. The van der Waals surface area contributed by atoms with Crippen LogP contribution in [0.1, 0.15) is 43.2 Å². The Bertz CT molecular complexity index is 490. The largest absolute Gasteiger partial charge is 0.338 e. The van der Waals surface area contributed by atoms with Crippen LogP contribution >= 0.6 is 0 Å². The first kappa shape index (κ1) is 14.6. The van der Waals surface area contributed by atoms with E-state index in [1.165, 1.54) is 36.8 Å². The number of nitrogens with zero attached hydrogens (tertiary/aromatic N) is 1. The van der Waals surface area contributed by atoms with Crippen LogP contribution < -0.4 is 5.32 Å². The van der Waals surface area contributed by atoms with Gasteiger partial charge in [0.2, 0.25) is 5.91 Å². The lowest BCUT2D eigenvalue weighted by Crippen LogP contribution is -2.42. The fourth-order valence-corrected chi connectivity index (χ4v) is 3.25. The van der Waals surface area contributed by atoms with Crippen molar-refractivity contribution in [2.45, 2.75) is 57.5 Å². The van der Waals surface area contributed by atoms with Gasteiger partial charge in [0.1, 0.15) is 0 Å². The van der Waals surface area contributed by atoms with Crippen LogP contribution in [0.2, 0.25) is 0 Å². The van der Waals surface area contributed by atoms with Crippen LogP contribution in [0.4, 0.5) is 0 Å². The number of carbonyl (C=O) groups excluding carboxylic acids is 1. The van der Waals surface area contributed by atoms with Crippen molar-refractivity contribution >= 4 is 5.91 Å². The summed E-state index contributed by atoms with van der Waals surface area (Å²) in [4.78, 5) is 14.7. The second-order valence-electron chi connectivity index (χ2n) is 6.56. The van der Waals surface area contributed by atoms with Gasteiger partial charge in [-0.05, 0) is 51.1 Å². The molecule has 0 aromatic heterocycles. The van der Waals surface area contributed by atoms with Crippen LogP contribution in [0.15, 0.2) is 24.3 Å². The summed E-state index contributed by atoms with van der Waals surface area (Å²) >= 11 is 0. The van der Waals surface area contributed by atoms with Gasteiger partial charge < -0.3 is 10.2 Å². The van der Waals surface area contributed by atoms with Gasteiger partial charge >= 0.3 is 0 Å². The second kappa shape index (κ2) is 6.61. The first-order valence-corrected chi connectivity index (χ1v) is 8.31. The fraction of sp³-hybridized carbons (Fsp3) is 0.611. The smallest absolute Gasteiger partial charge is 0.223 e. The maximum Gasteiger partial charge on any atom is 0.223 e. The molecular formula is C18H26N2O. The molecule has 1 aliphatic carbocycles. The van der Waals surface area contributed by atoms with Crippen molar-refractivity contribution in [2.75, 3.05) is 13.1 Å². The molecular weight excluding hydrogens is 260 g/mol. The third kappa shape index (κ3) is 4.07. The molecule has 114 valence electrons.